The van der Waals surface area contributed by atoms with Crippen LogP contribution in [-0.2, 0) is 4.79 Å². The van der Waals surface area contributed by atoms with Gasteiger partial charge in [-0.1, -0.05) is 11.8 Å². The van der Waals surface area contributed by atoms with Crippen LogP contribution in [0.15, 0.2) is 29.4 Å². The number of nitrogens with one attached hydrogen (secondary N) is 3. The Morgan fingerprint density at radius 2 is 2.00 bits per heavy atom. The van der Waals surface area contributed by atoms with Crippen molar-refractivity contribution in [1.82, 2.24) is 26.0 Å². The molecule has 2 aromatic rings. The molecule has 1 aromatic carbocycles. The number of aromatic nitrogens is 3. The van der Waals surface area contributed by atoms with E-state index in [0.29, 0.717) is 5.16 Å². The van der Waals surface area contributed by atoms with Gasteiger partial charge in [-0.3, -0.25) is 20.4 Å². The zero-order valence-corrected chi connectivity index (χ0v) is 11.4. The van der Waals surface area contributed by atoms with Crippen LogP contribution in [0.1, 0.15) is 10.4 Å². The lowest BCUT2D eigenvalue weighted by molar-refractivity contribution is -0.119. The topological polar surface area (TPSA) is 126 Å². The number of hydrazine groups is 1. The third-order valence-corrected chi connectivity index (χ3v) is 3.08. The van der Waals surface area contributed by atoms with Crippen LogP contribution in [-0.4, -0.2) is 32.7 Å². The van der Waals surface area contributed by atoms with Crippen LogP contribution < -0.4 is 16.6 Å². The monoisotopic (exact) mass is 310 g/mol. The average Bonchev–Trinajstić information content (AvgIpc) is 2.89. The maximum absolute atomic E-state index is 12.7. The number of thioether (sulfide) groups is 1. The number of aromatic amines is 1. The number of nitrogens with two attached hydrogens (primary N) is 1. The summed E-state index contributed by atoms with van der Waals surface area (Å²) in [4.78, 5) is 27.0. The number of hydrogen-bond donors (Lipinski definition) is 4. The van der Waals surface area contributed by atoms with Gasteiger partial charge in [-0.15, -0.1) is 5.10 Å². The quantitative estimate of drug-likeness (QED) is 0.468. The fourth-order valence-corrected chi connectivity index (χ4v) is 1.89. The molecule has 0 aliphatic carbocycles. The number of halogens is 1. The number of rotatable bonds is 4. The Morgan fingerprint density at radius 3 is 2.62 bits per heavy atom. The molecule has 1 aromatic heterocycles. The first-order chi connectivity index (χ1) is 10.0. The van der Waals surface area contributed by atoms with E-state index in [1.54, 1.807) is 0 Å². The maximum Gasteiger partial charge on any atom is 0.269 e. The summed E-state index contributed by atoms with van der Waals surface area (Å²) in [5.41, 5.74) is 9.99. The summed E-state index contributed by atoms with van der Waals surface area (Å²) in [6.07, 6.45) is 0. The molecule has 2 rings (SSSR count). The van der Waals surface area contributed by atoms with Crippen LogP contribution in [0.25, 0.3) is 0 Å². The number of benzene rings is 1. The fraction of sp³-hybridized carbons (Fsp3) is 0.0909. The second kappa shape index (κ2) is 6.70. The van der Waals surface area contributed by atoms with Crippen molar-refractivity contribution >= 4 is 29.5 Å². The van der Waals surface area contributed by atoms with Crippen molar-refractivity contribution in [3.63, 3.8) is 0 Å². The molecule has 110 valence electrons. The number of carbonyl (C=O) groups is 2. The average molecular weight is 310 g/mol. The van der Waals surface area contributed by atoms with E-state index in [9.17, 15) is 14.0 Å². The fourth-order valence-electron chi connectivity index (χ4n) is 1.29. The predicted octanol–water partition coefficient (Wildman–Crippen LogP) is 0.0793. The molecular weight excluding hydrogens is 299 g/mol. The molecule has 0 aliphatic heterocycles. The molecule has 1 heterocycles. The number of amides is 2. The highest BCUT2D eigenvalue weighted by Crippen LogP contribution is 2.11. The zero-order chi connectivity index (χ0) is 15.2. The first-order valence-corrected chi connectivity index (χ1v) is 6.68. The maximum atomic E-state index is 12.7. The predicted molar refractivity (Wildman–Crippen MR) is 73.5 cm³/mol. The molecule has 8 nitrogen and oxygen atoms in total. The van der Waals surface area contributed by atoms with E-state index < -0.39 is 17.6 Å². The number of hydrogen-bond acceptors (Lipinski definition) is 6. The smallest absolute Gasteiger partial charge is 0.269 e. The number of anilines is 1. The zero-order valence-electron chi connectivity index (χ0n) is 10.6. The van der Waals surface area contributed by atoms with Gasteiger partial charge in [0.2, 0.25) is 17.0 Å². The normalized spacial score (nSPS) is 10.1. The Bertz CT molecular complexity index is 644. The number of H-pyrrole nitrogens is 1. The summed E-state index contributed by atoms with van der Waals surface area (Å²) in [7, 11) is 0. The second-order valence-electron chi connectivity index (χ2n) is 3.80. The molecule has 0 unspecified atom stereocenters. The van der Waals surface area contributed by atoms with E-state index in [1.807, 2.05) is 0 Å². The van der Waals surface area contributed by atoms with E-state index in [1.165, 1.54) is 12.1 Å². The Balaban J connectivity index is 1.75. The molecule has 0 atom stereocenters. The van der Waals surface area contributed by atoms with Crippen molar-refractivity contribution in [2.75, 3.05) is 11.5 Å². The molecule has 0 saturated carbocycles. The van der Waals surface area contributed by atoms with Crippen molar-refractivity contribution in [2.24, 2.45) is 0 Å². The Morgan fingerprint density at radius 1 is 1.29 bits per heavy atom. The molecule has 0 spiro atoms. The largest absolute Gasteiger partial charge is 0.368 e. The summed E-state index contributed by atoms with van der Waals surface area (Å²) in [6, 6.07) is 4.92. The lowest BCUT2D eigenvalue weighted by atomic mass is 10.2. The molecule has 0 radical (unpaired) electrons. The van der Waals surface area contributed by atoms with Crippen molar-refractivity contribution in [3.05, 3.63) is 35.6 Å². The number of nitrogen functional groups attached to an aromatic ring is 1. The van der Waals surface area contributed by atoms with E-state index in [-0.39, 0.29) is 17.3 Å². The standard InChI is InChI=1S/C11H11FN6O2S/c12-7-3-1-6(2-4-7)9(20)16-15-8(19)5-21-11-14-10(13)17-18-11/h1-4H,5H2,(H,15,19)(H,16,20)(H3,13,14,17,18). The molecule has 21 heavy (non-hydrogen) atoms. The van der Waals surface area contributed by atoms with Crippen LogP contribution in [0.4, 0.5) is 10.3 Å². The van der Waals surface area contributed by atoms with E-state index >= 15 is 0 Å². The highest BCUT2D eigenvalue weighted by Gasteiger charge is 2.09. The highest BCUT2D eigenvalue weighted by molar-refractivity contribution is 7.99. The SMILES string of the molecule is Nc1nc(SCC(=O)NNC(=O)c2ccc(F)cc2)n[nH]1. The first kappa shape index (κ1) is 14.8. The summed E-state index contributed by atoms with van der Waals surface area (Å²) in [5.74, 6) is -1.28. The number of carbonyl (C=O) groups excluding carboxylic acids is 2. The van der Waals surface area contributed by atoms with Crippen LogP contribution in [0.5, 0.6) is 0 Å². The van der Waals surface area contributed by atoms with Crippen molar-refractivity contribution in [1.29, 1.82) is 0 Å². The van der Waals surface area contributed by atoms with Crippen molar-refractivity contribution < 1.29 is 14.0 Å². The second-order valence-corrected chi connectivity index (χ2v) is 4.74. The molecule has 0 saturated heterocycles. The Kier molecular flexibility index (Phi) is 4.72. The number of nitrogens with zero attached hydrogens (tertiary/aromatic N) is 2. The summed E-state index contributed by atoms with van der Waals surface area (Å²) >= 11 is 1.05. The molecule has 0 fully saturated rings. The molecule has 5 N–H and O–H groups in total. The summed E-state index contributed by atoms with van der Waals surface area (Å²) in [5, 5.41) is 6.50. The van der Waals surface area contributed by atoms with Gasteiger partial charge in [0.25, 0.3) is 5.91 Å². The third-order valence-electron chi connectivity index (χ3n) is 2.24. The lowest BCUT2D eigenvalue weighted by Gasteiger charge is -2.06. The van der Waals surface area contributed by atoms with Crippen LogP contribution in [0, 0.1) is 5.82 Å². The van der Waals surface area contributed by atoms with Gasteiger partial charge < -0.3 is 5.73 Å². The van der Waals surface area contributed by atoms with Gasteiger partial charge >= 0.3 is 0 Å². The van der Waals surface area contributed by atoms with E-state index in [4.69, 9.17) is 5.73 Å². The van der Waals surface area contributed by atoms with E-state index in [0.717, 1.165) is 23.9 Å². The first-order valence-electron chi connectivity index (χ1n) is 5.70. The van der Waals surface area contributed by atoms with Crippen molar-refractivity contribution in [3.8, 4) is 0 Å². The van der Waals surface area contributed by atoms with Gasteiger partial charge in [-0.05, 0) is 24.3 Å². The van der Waals surface area contributed by atoms with Gasteiger partial charge in [-0.2, -0.15) is 4.98 Å². The molecule has 0 bridgehead atoms. The van der Waals surface area contributed by atoms with Crippen LogP contribution >= 0.6 is 11.8 Å². The molecule has 10 heteroatoms. The summed E-state index contributed by atoms with van der Waals surface area (Å²) < 4.78 is 12.7. The Hall–Kier alpha value is -2.62. The Labute approximate surface area is 122 Å². The minimum Gasteiger partial charge on any atom is -0.368 e. The van der Waals surface area contributed by atoms with Crippen molar-refractivity contribution in [2.45, 2.75) is 5.16 Å². The van der Waals surface area contributed by atoms with Crippen LogP contribution in [0.2, 0.25) is 0 Å². The molecule has 0 aliphatic rings. The minimum absolute atomic E-state index is 0.000983. The van der Waals surface area contributed by atoms with Crippen LogP contribution in [0.3, 0.4) is 0 Å². The van der Waals surface area contributed by atoms with Gasteiger partial charge in [0, 0.05) is 5.56 Å². The van der Waals surface area contributed by atoms with Gasteiger partial charge in [0.05, 0.1) is 5.75 Å². The minimum atomic E-state index is -0.546. The van der Waals surface area contributed by atoms with Gasteiger partial charge in [0.15, 0.2) is 0 Å². The van der Waals surface area contributed by atoms with Gasteiger partial charge in [-0.25, -0.2) is 9.49 Å². The van der Waals surface area contributed by atoms with E-state index in [2.05, 4.69) is 26.0 Å². The molecule has 2 amide bonds. The van der Waals surface area contributed by atoms with Gasteiger partial charge in [0.1, 0.15) is 5.82 Å². The highest BCUT2D eigenvalue weighted by atomic mass is 32.2. The third kappa shape index (κ3) is 4.45. The summed E-state index contributed by atoms with van der Waals surface area (Å²) in [6.45, 7) is 0. The lowest BCUT2D eigenvalue weighted by Crippen LogP contribution is -2.42. The molecular formula is C11H11FN6O2S.